The van der Waals surface area contributed by atoms with Gasteiger partial charge in [0.05, 0.1) is 22.3 Å². The van der Waals surface area contributed by atoms with Crippen LogP contribution < -0.4 is 5.32 Å². The van der Waals surface area contributed by atoms with Crippen molar-refractivity contribution in [3.8, 4) is 0 Å². The van der Waals surface area contributed by atoms with E-state index < -0.39 is 0 Å². The van der Waals surface area contributed by atoms with E-state index in [4.69, 9.17) is 11.6 Å². The molecular weight excluding hydrogens is 376 g/mol. The van der Waals surface area contributed by atoms with Crippen LogP contribution in [-0.2, 0) is 0 Å². The number of aromatic nitrogens is 1. The topological polar surface area (TPSA) is 42.0 Å². The van der Waals surface area contributed by atoms with Crippen LogP contribution in [0.2, 0.25) is 5.02 Å². The van der Waals surface area contributed by atoms with Crippen LogP contribution in [0.4, 0.5) is 0 Å². The van der Waals surface area contributed by atoms with Gasteiger partial charge < -0.3 is 5.32 Å². The van der Waals surface area contributed by atoms with Gasteiger partial charge in [0.15, 0.2) is 0 Å². The lowest BCUT2D eigenvalue weighted by atomic mass is 9.94. The molecule has 1 aromatic carbocycles. The van der Waals surface area contributed by atoms with Crippen molar-refractivity contribution < 1.29 is 4.79 Å². The lowest BCUT2D eigenvalue weighted by Gasteiger charge is -2.24. The second kappa shape index (κ2) is 7.45. The molecule has 1 heterocycles. The minimum absolute atomic E-state index is 0.0683. The number of rotatable bonds is 4. The maximum absolute atomic E-state index is 12.7. The molecule has 0 aliphatic heterocycles. The van der Waals surface area contributed by atoms with E-state index in [0.29, 0.717) is 16.5 Å². The van der Waals surface area contributed by atoms with E-state index in [1.54, 1.807) is 18.3 Å². The number of hydrogen-bond acceptors (Lipinski definition) is 2. The minimum atomic E-state index is -0.154. The van der Waals surface area contributed by atoms with Crippen molar-refractivity contribution >= 4 is 33.4 Å². The average molecular weight is 394 g/mol. The Bertz CT molecular complexity index is 687. The van der Waals surface area contributed by atoms with Gasteiger partial charge in [0.2, 0.25) is 0 Å². The quantitative estimate of drug-likeness (QED) is 0.779. The highest BCUT2D eigenvalue weighted by molar-refractivity contribution is 9.10. The third kappa shape index (κ3) is 3.93. The Hall–Kier alpha value is -1.39. The van der Waals surface area contributed by atoms with Gasteiger partial charge in [-0.25, -0.2) is 0 Å². The van der Waals surface area contributed by atoms with Gasteiger partial charge in [-0.2, -0.15) is 0 Å². The van der Waals surface area contributed by atoms with E-state index in [2.05, 4.69) is 26.2 Å². The van der Waals surface area contributed by atoms with Crippen LogP contribution in [0, 0.1) is 5.92 Å². The molecule has 1 aromatic heterocycles. The zero-order valence-corrected chi connectivity index (χ0v) is 15.0. The largest absolute Gasteiger partial charge is 0.343 e. The molecule has 0 unspecified atom stereocenters. The Kier molecular flexibility index (Phi) is 5.34. The summed E-state index contributed by atoms with van der Waals surface area (Å²) in [5.41, 5.74) is 1.40. The molecule has 0 radical (unpaired) electrons. The molecular formula is C18H18BrClN2O. The first-order valence-corrected chi connectivity index (χ1v) is 8.99. The molecule has 1 atom stereocenters. The van der Waals surface area contributed by atoms with E-state index in [-0.39, 0.29) is 11.9 Å². The van der Waals surface area contributed by atoms with Gasteiger partial charge in [-0.3, -0.25) is 9.78 Å². The van der Waals surface area contributed by atoms with Crippen molar-refractivity contribution in [1.82, 2.24) is 10.3 Å². The smallest absolute Gasteiger partial charge is 0.253 e. The van der Waals surface area contributed by atoms with Crippen LogP contribution in [0.25, 0.3) is 0 Å². The molecule has 0 bridgehead atoms. The van der Waals surface area contributed by atoms with Crippen molar-refractivity contribution in [3.05, 3.63) is 63.3 Å². The number of carbonyl (C=O) groups is 1. The molecule has 0 spiro atoms. The molecule has 2 aromatic rings. The van der Waals surface area contributed by atoms with E-state index in [9.17, 15) is 4.79 Å². The average Bonchev–Trinajstić information content (AvgIpc) is 3.09. The monoisotopic (exact) mass is 392 g/mol. The Morgan fingerprint density at radius 3 is 2.74 bits per heavy atom. The van der Waals surface area contributed by atoms with Crippen molar-refractivity contribution in [2.45, 2.75) is 31.7 Å². The highest BCUT2D eigenvalue weighted by Gasteiger charge is 2.29. The predicted molar refractivity (Wildman–Crippen MR) is 95.6 cm³/mol. The lowest BCUT2D eigenvalue weighted by molar-refractivity contribution is 0.0920. The third-order valence-electron chi connectivity index (χ3n) is 4.34. The van der Waals surface area contributed by atoms with Crippen molar-refractivity contribution in [2.24, 2.45) is 5.92 Å². The SMILES string of the molecule is O=C(N[C@@H](c1ccccn1)C1CCCC1)c1cc(Br)ccc1Cl. The first kappa shape index (κ1) is 16.5. The van der Waals surface area contributed by atoms with Crippen LogP contribution in [0.15, 0.2) is 47.1 Å². The highest BCUT2D eigenvalue weighted by Crippen LogP contribution is 2.35. The van der Waals surface area contributed by atoms with Crippen molar-refractivity contribution in [3.63, 3.8) is 0 Å². The molecule has 1 fully saturated rings. The molecule has 1 amide bonds. The zero-order valence-electron chi connectivity index (χ0n) is 12.6. The van der Waals surface area contributed by atoms with Gasteiger partial charge in [-0.05, 0) is 49.1 Å². The molecule has 3 rings (SSSR count). The number of nitrogens with zero attached hydrogens (tertiary/aromatic N) is 1. The third-order valence-corrected chi connectivity index (χ3v) is 5.16. The number of halogens is 2. The molecule has 5 heteroatoms. The summed E-state index contributed by atoms with van der Waals surface area (Å²) in [5, 5.41) is 3.61. The maximum Gasteiger partial charge on any atom is 0.253 e. The number of hydrogen-bond donors (Lipinski definition) is 1. The van der Waals surface area contributed by atoms with E-state index >= 15 is 0 Å². The zero-order chi connectivity index (χ0) is 16.2. The van der Waals surface area contributed by atoms with E-state index in [0.717, 1.165) is 23.0 Å². The van der Waals surface area contributed by atoms with E-state index in [1.165, 1.54) is 12.8 Å². The van der Waals surface area contributed by atoms with Crippen molar-refractivity contribution in [2.75, 3.05) is 0 Å². The number of benzene rings is 1. The van der Waals surface area contributed by atoms with E-state index in [1.807, 2.05) is 24.3 Å². The first-order valence-electron chi connectivity index (χ1n) is 7.82. The summed E-state index contributed by atoms with van der Waals surface area (Å²) >= 11 is 9.57. The summed E-state index contributed by atoms with van der Waals surface area (Å²) in [6, 6.07) is 11.1. The Labute approximate surface area is 149 Å². The summed E-state index contributed by atoms with van der Waals surface area (Å²) < 4.78 is 0.835. The molecule has 23 heavy (non-hydrogen) atoms. The van der Waals surface area contributed by atoms with Crippen LogP contribution >= 0.6 is 27.5 Å². The second-order valence-electron chi connectivity index (χ2n) is 5.87. The first-order chi connectivity index (χ1) is 11.1. The Morgan fingerprint density at radius 2 is 2.04 bits per heavy atom. The van der Waals surface area contributed by atoms with Crippen LogP contribution in [0.3, 0.4) is 0 Å². The minimum Gasteiger partial charge on any atom is -0.343 e. The van der Waals surface area contributed by atoms with Crippen LogP contribution in [-0.4, -0.2) is 10.9 Å². The molecule has 1 aliphatic rings. The molecule has 3 nitrogen and oxygen atoms in total. The fourth-order valence-corrected chi connectivity index (χ4v) is 3.74. The number of carbonyl (C=O) groups excluding carboxylic acids is 1. The molecule has 1 N–H and O–H groups in total. The van der Waals surface area contributed by atoms with Gasteiger partial charge in [-0.1, -0.05) is 46.4 Å². The standard InChI is InChI=1S/C18H18BrClN2O/c19-13-8-9-15(20)14(11-13)18(23)22-17(12-5-1-2-6-12)16-7-3-4-10-21-16/h3-4,7-12,17H,1-2,5-6H2,(H,22,23)/t17-/m1/s1. The molecule has 1 saturated carbocycles. The number of amides is 1. The molecule has 120 valence electrons. The fourth-order valence-electron chi connectivity index (χ4n) is 3.17. The van der Waals surface area contributed by atoms with Crippen LogP contribution in [0.5, 0.6) is 0 Å². The Morgan fingerprint density at radius 1 is 1.26 bits per heavy atom. The Balaban J connectivity index is 1.86. The second-order valence-corrected chi connectivity index (χ2v) is 7.20. The summed E-state index contributed by atoms with van der Waals surface area (Å²) in [5.74, 6) is 0.277. The fraction of sp³-hybridized carbons (Fsp3) is 0.333. The predicted octanol–water partition coefficient (Wildman–Crippen LogP) is 5.16. The lowest BCUT2D eigenvalue weighted by Crippen LogP contribution is -2.33. The van der Waals surface area contributed by atoms with Crippen LogP contribution in [0.1, 0.15) is 47.8 Å². The van der Waals surface area contributed by atoms with Gasteiger partial charge in [-0.15, -0.1) is 0 Å². The number of pyridine rings is 1. The summed E-state index contributed by atoms with van der Waals surface area (Å²) in [6.07, 6.45) is 6.43. The van der Waals surface area contributed by atoms with Gasteiger partial charge in [0.25, 0.3) is 5.91 Å². The van der Waals surface area contributed by atoms with Gasteiger partial charge in [0.1, 0.15) is 0 Å². The summed E-state index contributed by atoms with van der Waals surface area (Å²) in [6.45, 7) is 0. The maximum atomic E-state index is 12.7. The normalized spacial score (nSPS) is 16.3. The summed E-state index contributed by atoms with van der Waals surface area (Å²) in [7, 11) is 0. The van der Waals surface area contributed by atoms with Crippen molar-refractivity contribution in [1.29, 1.82) is 0 Å². The molecule has 0 saturated heterocycles. The molecule has 1 aliphatic carbocycles. The number of nitrogens with one attached hydrogen (secondary N) is 1. The summed E-state index contributed by atoms with van der Waals surface area (Å²) in [4.78, 5) is 17.2. The highest BCUT2D eigenvalue weighted by atomic mass is 79.9. The van der Waals surface area contributed by atoms with Gasteiger partial charge >= 0.3 is 0 Å². The van der Waals surface area contributed by atoms with Gasteiger partial charge in [0, 0.05) is 10.7 Å².